The van der Waals surface area contributed by atoms with E-state index in [1.807, 2.05) is 51.3 Å². The van der Waals surface area contributed by atoms with E-state index in [0.717, 1.165) is 28.3 Å². The first-order chi connectivity index (χ1) is 8.16. The molecule has 3 heteroatoms. The number of nitrogens with zero attached hydrogens (tertiary/aromatic N) is 3. The van der Waals surface area contributed by atoms with Crippen LogP contribution in [0.2, 0.25) is 0 Å². The van der Waals surface area contributed by atoms with Crippen LogP contribution in [0.5, 0.6) is 0 Å². The van der Waals surface area contributed by atoms with Crippen molar-refractivity contribution in [3.8, 4) is 0 Å². The van der Waals surface area contributed by atoms with Crippen LogP contribution in [0.25, 0.3) is 12.2 Å². The Morgan fingerprint density at radius 2 is 1.71 bits per heavy atom. The molecule has 17 heavy (non-hydrogen) atoms. The Morgan fingerprint density at radius 1 is 0.941 bits per heavy atom. The van der Waals surface area contributed by atoms with Crippen LogP contribution in [0.15, 0.2) is 24.5 Å². The van der Waals surface area contributed by atoms with E-state index in [4.69, 9.17) is 0 Å². The van der Waals surface area contributed by atoms with Crippen LogP contribution in [-0.4, -0.2) is 15.0 Å². The van der Waals surface area contributed by atoms with E-state index in [2.05, 4.69) is 15.0 Å². The van der Waals surface area contributed by atoms with Gasteiger partial charge in [-0.1, -0.05) is 12.1 Å². The maximum absolute atomic E-state index is 4.52. The molecule has 2 aromatic rings. The molecule has 2 heterocycles. The first kappa shape index (κ1) is 11.5. The second kappa shape index (κ2) is 4.87. The second-order valence-electron chi connectivity index (χ2n) is 3.98. The minimum Gasteiger partial charge on any atom is -0.264 e. The molecule has 0 aliphatic rings. The van der Waals surface area contributed by atoms with Crippen molar-refractivity contribution in [3.63, 3.8) is 0 Å². The van der Waals surface area contributed by atoms with Gasteiger partial charge < -0.3 is 0 Å². The molecule has 0 amide bonds. The SMILES string of the molecule is Cc1nc(C)c(C=Cc2cccnc2)nc1C. The van der Waals surface area contributed by atoms with Gasteiger partial charge in [0.25, 0.3) is 0 Å². The summed E-state index contributed by atoms with van der Waals surface area (Å²) in [5, 5.41) is 0. The molecule has 3 nitrogen and oxygen atoms in total. The summed E-state index contributed by atoms with van der Waals surface area (Å²) in [5.74, 6) is 0. The highest BCUT2D eigenvalue weighted by molar-refractivity contribution is 5.68. The van der Waals surface area contributed by atoms with Crippen LogP contribution in [0.3, 0.4) is 0 Å². The van der Waals surface area contributed by atoms with Gasteiger partial charge >= 0.3 is 0 Å². The third-order valence-electron chi connectivity index (χ3n) is 2.64. The molecule has 0 spiro atoms. The highest BCUT2D eigenvalue weighted by atomic mass is 14.8. The van der Waals surface area contributed by atoms with Crippen LogP contribution < -0.4 is 0 Å². The molecule has 0 aliphatic carbocycles. The molecule has 0 unspecified atom stereocenters. The van der Waals surface area contributed by atoms with Crippen LogP contribution in [0, 0.1) is 20.8 Å². The summed E-state index contributed by atoms with van der Waals surface area (Å²) >= 11 is 0. The number of hydrogen-bond acceptors (Lipinski definition) is 3. The molecule has 2 aromatic heterocycles. The summed E-state index contributed by atoms with van der Waals surface area (Å²) in [7, 11) is 0. The standard InChI is InChI=1S/C14H15N3/c1-10-11(2)17-14(12(3)16-10)7-6-13-5-4-8-15-9-13/h4-9H,1-3H3. The fourth-order valence-corrected chi connectivity index (χ4v) is 1.54. The van der Waals surface area contributed by atoms with E-state index in [-0.39, 0.29) is 0 Å². The molecule has 0 saturated heterocycles. The monoisotopic (exact) mass is 225 g/mol. The minimum absolute atomic E-state index is 0.914. The smallest absolute Gasteiger partial charge is 0.0845 e. The van der Waals surface area contributed by atoms with Gasteiger partial charge in [-0.3, -0.25) is 9.97 Å². The summed E-state index contributed by atoms with van der Waals surface area (Å²) in [6.07, 6.45) is 7.56. The van der Waals surface area contributed by atoms with Crippen molar-refractivity contribution in [2.75, 3.05) is 0 Å². The number of hydrogen-bond donors (Lipinski definition) is 0. The summed E-state index contributed by atoms with van der Waals surface area (Å²) < 4.78 is 0. The van der Waals surface area contributed by atoms with Crippen molar-refractivity contribution in [2.45, 2.75) is 20.8 Å². The molecule has 86 valence electrons. The van der Waals surface area contributed by atoms with Gasteiger partial charge in [-0.15, -0.1) is 0 Å². The average molecular weight is 225 g/mol. The Bertz CT molecular complexity index is 545. The van der Waals surface area contributed by atoms with Crippen molar-refractivity contribution in [1.82, 2.24) is 15.0 Å². The number of aryl methyl sites for hydroxylation is 3. The van der Waals surface area contributed by atoms with Crippen LogP contribution in [0.1, 0.15) is 28.3 Å². The van der Waals surface area contributed by atoms with Crippen molar-refractivity contribution in [3.05, 3.63) is 52.9 Å². The molecule has 0 radical (unpaired) electrons. The normalized spacial score (nSPS) is 11.0. The van der Waals surface area contributed by atoms with E-state index >= 15 is 0 Å². The Hall–Kier alpha value is -2.03. The average Bonchev–Trinajstić information content (AvgIpc) is 2.33. The number of aromatic nitrogens is 3. The molecule has 0 N–H and O–H groups in total. The lowest BCUT2D eigenvalue weighted by atomic mass is 10.2. The molecule has 0 bridgehead atoms. The largest absolute Gasteiger partial charge is 0.264 e. The Morgan fingerprint density at radius 3 is 2.41 bits per heavy atom. The first-order valence-corrected chi connectivity index (χ1v) is 5.57. The van der Waals surface area contributed by atoms with E-state index < -0.39 is 0 Å². The summed E-state index contributed by atoms with van der Waals surface area (Å²) in [5.41, 5.74) is 4.89. The molecular formula is C14H15N3. The van der Waals surface area contributed by atoms with Crippen LogP contribution in [-0.2, 0) is 0 Å². The Labute approximate surface area is 101 Å². The number of rotatable bonds is 2. The molecule has 2 rings (SSSR count). The van der Waals surface area contributed by atoms with Crippen molar-refractivity contribution >= 4 is 12.2 Å². The van der Waals surface area contributed by atoms with Gasteiger partial charge in [0.1, 0.15) is 0 Å². The second-order valence-corrected chi connectivity index (χ2v) is 3.98. The third-order valence-corrected chi connectivity index (χ3v) is 2.64. The maximum atomic E-state index is 4.52. The zero-order valence-corrected chi connectivity index (χ0v) is 10.3. The third kappa shape index (κ3) is 2.75. The van der Waals surface area contributed by atoms with Gasteiger partial charge in [-0.2, -0.15) is 0 Å². The van der Waals surface area contributed by atoms with E-state index in [1.165, 1.54) is 0 Å². The van der Waals surface area contributed by atoms with Gasteiger partial charge in [0.2, 0.25) is 0 Å². The predicted octanol–water partition coefficient (Wildman–Crippen LogP) is 2.97. The molecule has 0 saturated carbocycles. The lowest BCUT2D eigenvalue weighted by molar-refractivity contribution is 0.991. The molecule has 0 aliphatic heterocycles. The van der Waals surface area contributed by atoms with Gasteiger partial charge in [0.15, 0.2) is 0 Å². The Balaban J connectivity index is 2.31. The lowest BCUT2D eigenvalue weighted by Gasteiger charge is -2.03. The van der Waals surface area contributed by atoms with E-state index in [1.54, 1.807) is 6.20 Å². The molecule has 0 fully saturated rings. The summed E-state index contributed by atoms with van der Waals surface area (Å²) in [4.78, 5) is 13.0. The molecule has 0 atom stereocenters. The minimum atomic E-state index is 0.914. The quantitative estimate of drug-likeness (QED) is 0.788. The van der Waals surface area contributed by atoms with E-state index in [0.29, 0.717) is 0 Å². The first-order valence-electron chi connectivity index (χ1n) is 5.57. The van der Waals surface area contributed by atoms with Crippen LogP contribution >= 0.6 is 0 Å². The van der Waals surface area contributed by atoms with Gasteiger partial charge in [0.05, 0.1) is 22.8 Å². The highest BCUT2D eigenvalue weighted by Gasteiger charge is 2.01. The van der Waals surface area contributed by atoms with Crippen LogP contribution in [0.4, 0.5) is 0 Å². The summed E-state index contributed by atoms with van der Waals surface area (Å²) in [6, 6.07) is 3.92. The molecular weight excluding hydrogens is 210 g/mol. The topological polar surface area (TPSA) is 38.7 Å². The zero-order chi connectivity index (χ0) is 12.3. The Kier molecular flexibility index (Phi) is 3.28. The maximum Gasteiger partial charge on any atom is 0.0845 e. The lowest BCUT2D eigenvalue weighted by Crippen LogP contribution is -1.98. The van der Waals surface area contributed by atoms with Crippen molar-refractivity contribution in [1.29, 1.82) is 0 Å². The molecule has 0 aromatic carbocycles. The van der Waals surface area contributed by atoms with Crippen molar-refractivity contribution in [2.24, 2.45) is 0 Å². The highest BCUT2D eigenvalue weighted by Crippen LogP contribution is 2.10. The zero-order valence-electron chi connectivity index (χ0n) is 10.3. The van der Waals surface area contributed by atoms with Gasteiger partial charge in [0, 0.05) is 12.4 Å². The van der Waals surface area contributed by atoms with Crippen molar-refractivity contribution < 1.29 is 0 Å². The summed E-state index contributed by atoms with van der Waals surface area (Å²) in [6.45, 7) is 5.93. The van der Waals surface area contributed by atoms with Gasteiger partial charge in [-0.05, 0) is 38.5 Å². The fraction of sp³-hybridized carbons (Fsp3) is 0.214. The number of pyridine rings is 1. The van der Waals surface area contributed by atoms with E-state index in [9.17, 15) is 0 Å². The predicted molar refractivity (Wildman–Crippen MR) is 69.4 cm³/mol. The fourth-order valence-electron chi connectivity index (χ4n) is 1.54. The van der Waals surface area contributed by atoms with Gasteiger partial charge in [-0.25, -0.2) is 4.98 Å².